The first-order chi connectivity index (χ1) is 17.6. The summed E-state index contributed by atoms with van der Waals surface area (Å²) < 4.78 is 11.4. The molecule has 0 N–H and O–H groups in total. The average molecular weight is 529 g/mol. The lowest BCUT2D eigenvalue weighted by Gasteiger charge is -2.15. The van der Waals surface area contributed by atoms with Crippen LogP contribution >= 0.6 is 11.3 Å². The maximum atomic E-state index is 12.7. The Morgan fingerprint density at radius 2 is 1.76 bits per heavy atom. The van der Waals surface area contributed by atoms with Crippen molar-refractivity contribution >= 4 is 23.3 Å². The molecule has 1 aromatic rings. The van der Waals surface area contributed by atoms with E-state index in [1.807, 2.05) is 47.0 Å². The number of rotatable bonds is 5. The van der Waals surface area contributed by atoms with Gasteiger partial charge in [-0.05, 0) is 73.5 Å². The monoisotopic (exact) mass is 528 g/mol. The van der Waals surface area contributed by atoms with E-state index in [-0.39, 0.29) is 24.1 Å². The van der Waals surface area contributed by atoms with E-state index in [0.717, 1.165) is 47.7 Å². The molecule has 1 aliphatic rings. The first kappa shape index (κ1) is 30.7. The van der Waals surface area contributed by atoms with Crippen LogP contribution in [0.4, 0.5) is 0 Å². The number of carbonyl (C=O) groups excluding carboxylic acids is 2. The van der Waals surface area contributed by atoms with Crippen molar-refractivity contribution in [2.24, 2.45) is 0 Å². The normalized spacial score (nSPS) is 22.2. The maximum absolute atomic E-state index is 12.7. The van der Waals surface area contributed by atoms with Crippen molar-refractivity contribution in [2.45, 2.75) is 91.3 Å². The third-order valence-corrected chi connectivity index (χ3v) is 6.86. The summed E-state index contributed by atoms with van der Waals surface area (Å²) >= 11 is 1.60. The number of aromatic nitrogens is 1. The van der Waals surface area contributed by atoms with Crippen molar-refractivity contribution in [3.8, 4) is 0 Å². The zero-order valence-electron chi connectivity index (χ0n) is 23.4. The topological polar surface area (TPSA) is 68.7 Å². The van der Waals surface area contributed by atoms with Crippen molar-refractivity contribution in [2.75, 3.05) is 20.6 Å². The molecule has 0 unspecified atom stereocenters. The SMILES string of the molecule is CC(C=CC(C)=C[C@@H]1Cc2nc(cs2)CCCCC(=O)O[C@@H](C)CC(C)=CCCC(=O)O1)=CCN(C)C. The fraction of sp³-hybridized carbons (Fsp3) is 0.567. The third-order valence-electron chi connectivity index (χ3n) is 5.94. The Morgan fingerprint density at radius 3 is 2.51 bits per heavy atom. The highest BCUT2D eigenvalue weighted by molar-refractivity contribution is 7.09. The van der Waals surface area contributed by atoms with E-state index >= 15 is 0 Å². The number of ether oxygens (including phenoxy) is 2. The minimum absolute atomic E-state index is 0.150. The predicted molar refractivity (Wildman–Crippen MR) is 152 cm³/mol. The van der Waals surface area contributed by atoms with E-state index in [1.54, 1.807) is 11.3 Å². The molecule has 37 heavy (non-hydrogen) atoms. The van der Waals surface area contributed by atoms with Gasteiger partial charge < -0.3 is 14.4 Å². The number of carbonyl (C=O) groups is 2. The number of hydrogen-bond acceptors (Lipinski definition) is 7. The molecule has 0 saturated carbocycles. The second kappa shape index (κ2) is 16.4. The third kappa shape index (κ3) is 13.6. The molecule has 0 aliphatic carbocycles. The number of hydrogen-bond donors (Lipinski definition) is 0. The van der Waals surface area contributed by atoms with E-state index in [4.69, 9.17) is 14.5 Å². The number of esters is 2. The predicted octanol–water partition coefficient (Wildman–Crippen LogP) is 6.38. The van der Waals surface area contributed by atoms with Crippen LogP contribution in [-0.2, 0) is 31.9 Å². The summed E-state index contributed by atoms with van der Waals surface area (Å²) in [6.45, 7) is 8.93. The second-order valence-corrected chi connectivity index (χ2v) is 11.2. The number of nitrogens with zero attached hydrogens (tertiary/aromatic N) is 2. The molecule has 6 nitrogen and oxygen atoms in total. The van der Waals surface area contributed by atoms with Crippen molar-refractivity contribution in [1.29, 1.82) is 0 Å². The molecule has 0 radical (unpaired) electrons. The van der Waals surface area contributed by atoms with E-state index in [9.17, 15) is 9.59 Å². The van der Waals surface area contributed by atoms with Gasteiger partial charge in [0.25, 0.3) is 0 Å². The molecule has 0 fully saturated rings. The largest absolute Gasteiger partial charge is 0.462 e. The first-order valence-corrected chi connectivity index (χ1v) is 14.1. The summed E-state index contributed by atoms with van der Waals surface area (Å²) in [4.78, 5) is 31.7. The number of likely N-dealkylation sites (N-methyl/N-ethyl adjacent to an activating group) is 1. The summed E-state index contributed by atoms with van der Waals surface area (Å²) in [6, 6.07) is 0. The highest BCUT2D eigenvalue weighted by Crippen LogP contribution is 2.19. The van der Waals surface area contributed by atoms with Crippen LogP contribution in [0, 0.1) is 0 Å². The Bertz CT molecular complexity index is 1000. The number of allylic oxidation sites excluding steroid dienone is 5. The second-order valence-electron chi connectivity index (χ2n) is 10.2. The summed E-state index contributed by atoms with van der Waals surface area (Å²) in [6.07, 6.45) is 14.9. The van der Waals surface area contributed by atoms with Gasteiger partial charge in [-0.2, -0.15) is 0 Å². The van der Waals surface area contributed by atoms with E-state index < -0.39 is 0 Å². The molecular formula is C30H44N2O4S. The zero-order chi connectivity index (χ0) is 27.2. The van der Waals surface area contributed by atoms with Crippen molar-refractivity contribution in [1.82, 2.24) is 9.88 Å². The number of fused-ring (bicyclic) bond motifs is 2. The number of cyclic esters (lactones) is 2. The van der Waals surface area contributed by atoms with Gasteiger partial charge in [0.1, 0.15) is 12.2 Å². The zero-order valence-corrected chi connectivity index (χ0v) is 24.2. The van der Waals surface area contributed by atoms with Crippen molar-refractivity contribution in [3.05, 3.63) is 63.2 Å². The van der Waals surface area contributed by atoms with Crippen LogP contribution in [0.2, 0.25) is 0 Å². The van der Waals surface area contributed by atoms with Gasteiger partial charge in [0.05, 0.1) is 10.7 Å². The number of aryl methyl sites for hydroxylation is 1. The molecule has 2 rings (SSSR count). The van der Waals surface area contributed by atoms with Crippen LogP contribution < -0.4 is 0 Å². The highest BCUT2D eigenvalue weighted by atomic mass is 32.1. The standard InChI is InChI=1S/C30H44N2O4S/c1-22(16-17-32(5)6)14-15-24(3)19-27-20-28-31-26(21-37-28)11-7-8-12-29(33)35-25(4)18-23(2)10-9-13-30(34)36-27/h10,14-16,19,21,25,27H,7-9,11-13,17-18,20H2,1-6H3/t25-,27+/m0/s1. The van der Waals surface area contributed by atoms with Crippen LogP contribution in [0.3, 0.4) is 0 Å². The molecular weight excluding hydrogens is 484 g/mol. The summed E-state index contributed by atoms with van der Waals surface area (Å²) in [7, 11) is 4.09. The van der Waals surface area contributed by atoms with E-state index in [0.29, 0.717) is 32.1 Å². The molecule has 204 valence electrons. The van der Waals surface area contributed by atoms with Gasteiger partial charge >= 0.3 is 11.9 Å². The molecule has 1 aromatic heterocycles. The highest BCUT2D eigenvalue weighted by Gasteiger charge is 2.16. The smallest absolute Gasteiger partial charge is 0.306 e. The lowest BCUT2D eigenvalue weighted by Crippen LogP contribution is -2.19. The Balaban J connectivity index is 2.17. The quantitative estimate of drug-likeness (QED) is 0.251. The molecule has 1 aliphatic heterocycles. The fourth-order valence-electron chi connectivity index (χ4n) is 3.97. The van der Waals surface area contributed by atoms with Crippen molar-refractivity contribution < 1.29 is 19.1 Å². The van der Waals surface area contributed by atoms with Gasteiger partial charge in [0.15, 0.2) is 0 Å². The van der Waals surface area contributed by atoms with Gasteiger partial charge in [-0.15, -0.1) is 11.3 Å². The molecule has 2 heterocycles. The van der Waals surface area contributed by atoms with Gasteiger partial charge in [0.2, 0.25) is 0 Å². The van der Waals surface area contributed by atoms with Crippen LogP contribution in [-0.4, -0.2) is 54.7 Å². The van der Waals surface area contributed by atoms with Gasteiger partial charge in [0, 0.05) is 37.6 Å². The van der Waals surface area contributed by atoms with Crippen LogP contribution in [0.1, 0.15) is 76.9 Å². The molecule has 2 bridgehead atoms. The minimum atomic E-state index is -0.375. The lowest BCUT2D eigenvalue weighted by atomic mass is 10.1. The summed E-state index contributed by atoms with van der Waals surface area (Å²) in [5, 5.41) is 3.01. The average Bonchev–Trinajstić information content (AvgIpc) is 3.25. The van der Waals surface area contributed by atoms with Crippen LogP contribution in [0.25, 0.3) is 0 Å². The van der Waals surface area contributed by atoms with Crippen LogP contribution in [0.5, 0.6) is 0 Å². The Labute approximate surface area is 227 Å². The Kier molecular flexibility index (Phi) is 13.6. The first-order valence-electron chi connectivity index (χ1n) is 13.3. The van der Waals surface area contributed by atoms with Crippen molar-refractivity contribution in [3.63, 3.8) is 0 Å². The minimum Gasteiger partial charge on any atom is -0.462 e. The molecule has 0 amide bonds. The Morgan fingerprint density at radius 1 is 1.05 bits per heavy atom. The molecule has 0 saturated heterocycles. The van der Waals surface area contributed by atoms with Gasteiger partial charge in [-0.3, -0.25) is 9.59 Å². The summed E-state index contributed by atoms with van der Waals surface area (Å²) in [5.74, 6) is -0.374. The van der Waals surface area contributed by atoms with Crippen LogP contribution in [0.15, 0.2) is 52.5 Å². The van der Waals surface area contributed by atoms with E-state index in [2.05, 4.69) is 35.4 Å². The lowest BCUT2D eigenvalue weighted by molar-refractivity contribution is -0.148. The van der Waals surface area contributed by atoms with Gasteiger partial charge in [-0.1, -0.05) is 41.0 Å². The molecule has 0 spiro atoms. The number of thiazole rings is 1. The summed E-state index contributed by atoms with van der Waals surface area (Å²) in [5.41, 5.74) is 4.36. The maximum Gasteiger partial charge on any atom is 0.306 e. The van der Waals surface area contributed by atoms with Gasteiger partial charge in [-0.25, -0.2) is 4.98 Å². The Hall–Kier alpha value is -2.51. The van der Waals surface area contributed by atoms with E-state index in [1.165, 1.54) is 5.57 Å². The fourth-order valence-corrected chi connectivity index (χ4v) is 4.84. The molecule has 2 atom stereocenters. The molecule has 0 aromatic carbocycles. The molecule has 7 heteroatoms.